The van der Waals surface area contributed by atoms with Crippen molar-refractivity contribution in [2.75, 3.05) is 0 Å². The van der Waals surface area contributed by atoms with E-state index in [0.29, 0.717) is 0 Å². The van der Waals surface area contributed by atoms with E-state index in [0.717, 1.165) is 10.0 Å². The molecule has 0 saturated carbocycles. The Labute approximate surface area is 96.9 Å². The fourth-order valence-corrected chi connectivity index (χ4v) is 1.93. The minimum atomic E-state index is -0.895. The van der Waals surface area contributed by atoms with Crippen LogP contribution in [0, 0.1) is 5.92 Å². The van der Waals surface area contributed by atoms with Gasteiger partial charge >= 0.3 is 5.97 Å². The number of aliphatic carboxylic acids is 1. The molecule has 0 spiro atoms. The third kappa shape index (κ3) is 3.32. The Bertz CT molecular complexity index is 351. The van der Waals surface area contributed by atoms with Crippen LogP contribution in [0.4, 0.5) is 0 Å². The van der Waals surface area contributed by atoms with Crippen molar-refractivity contribution in [3.63, 3.8) is 0 Å². The molecule has 0 aliphatic heterocycles. The molecule has 0 amide bonds. The van der Waals surface area contributed by atoms with Crippen LogP contribution in [0.1, 0.15) is 25.0 Å². The van der Waals surface area contributed by atoms with Gasteiger partial charge in [-0.25, -0.2) is 0 Å². The van der Waals surface area contributed by atoms with E-state index >= 15 is 0 Å². The molecule has 1 aromatic carbocycles. The Hall–Kier alpha value is -0.870. The first-order valence-electron chi connectivity index (χ1n) is 4.66. The molecule has 2 N–H and O–H groups in total. The first-order chi connectivity index (χ1) is 7.02. The van der Waals surface area contributed by atoms with E-state index in [2.05, 4.69) is 15.9 Å². The van der Waals surface area contributed by atoms with Crippen molar-refractivity contribution in [2.45, 2.75) is 19.4 Å². The molecule has 4 heteroatoms. The van der Waals surface area contributed by atoms with Crippen molar-refractivity contribution >= 4 is 21.9 Å². The molecule has 0 radical (unpaired) electrons. The standard InChI is InChI=1S/C11H13BrO3/c1-7(6-10(13)14)11(15)8-4-2-3-5-9(8)12/h2-5,7,11,15H,6H2,1H3,(H,13,14). The monoisotopic (exact) mass is 272 g/mol. The fraction of sp³-hybridized carbons (Fsp3) is 0.364. The lowest BCUT2D eigenvalue weighted by Crippen LogP contribution is -2.13. The molecule has 0 heterocycles. The minimum Gasteiger partial charge on any atom is -0.481 e. The Balaban J connectivity index is 2.80. The van der Waals surface area contributed by atoms with Gasteiger partial charge in [0.25, 0.3) is 0 Å². The quantitative estimate of drug-likeness (QED) is 0.886. The number of hydrogen-bond acceptors (Lipinski definition) is 2. The topological polar surface area (TPSA) is 57.5 Å². The van der Waals surface area contributed by atoms with Gasteiger partial charge in [0, 0.05) is 4.47 Å². The number of carbonyl (C=O) groups is 1. The molecule has 0 saturated heterocycles. The smallest absolute Gasteiger partial charge is 0.303 e. The lowest BCUT2D eigenvalue weighted by Gasteiger charge is -2.18. The van der Waals surface area contributed by atoms with Crippen LogP contribution in [0.25, 0.3) is 0 Å². The molecule has 1 rings (SSSR count). The van der Waals surface area contributed by atoms with Gasteiger partial charge in [-0.3, -0.25) is 4.79 Å². The zero-order valence-corrected chi connectivity index (χ0v) is 9.94. The zero-order valence-electron chi connectivity index (χ0n) is 8.35. The predicted octanol–water partition coefficient (Wildman–Crippen LogP) is 2.59. The van der Waals surface area contributed by atoms with Crippen LogP contribution >= 0.6 is 15.9 Å². The van der Waals surface area contributed by atoms with Gasteiger partial charge in [-0.1, -0.05) is 41.1 Å². The maximum Gasteiger partial charge on any atom is 0.303 e. The van der Waals surface area contributed by atoms with Crippen molar-refractivity contribution < 1.29 is 15.0 Å². The summed E-state index contributed by atoms with van der Waals surface area (Å²) in [6, 6.07) is 7.28. The summed E-state index contributed by atoms with van der Waals surface area (Å²) in [5.74, 6) is -1.20. The summed E-state index contributed by atoms with van der Waals surface area (Å²) in [5, 5.41) is 18.6. The number of benzene rings is 1. The van der Waals surface area contributed by atoms with Gasteiger partial charge in [0.05, 0.1) is 12.5 Å². The first kappa shape index (κ1) is 12.2. The number of rotatable bonds is 4. The number of halogens is 1. The second-order valence-electron chi connectivity index (χ2n) is 3.54. The van der Waals surface area contributed by atoms with Gasteiger partial charge in [0.15, 0.2) is 0 Å². The van der Waals surface area contributed by atoms with Gasteiger partial charge in [-0.2, -0.15) is 0 Å². The van der Waals surface area contributed by atoms with E-state index in [1.54, 1.807) is 13.0 Å². The predicted molar refractivity (Wildman–Crippen MR) is 60.5 cm³/mol. The SMILES string of the molecule is CC(CC(=O)O)C(O)c1ccccc1Br. The number of carboxylic acid groups (broad SMARTS) is 1. The first-order valence-corrected chi connectivity index (χ1v) is 5.46. The second-order valence-corrected chi connectivity index (χ2v) is 4.40. The summed E-state index contributed by atoms with van der Waals surface area (Å²) in [5.41, 5.74) is 0.728. The van der Waals surface area contributed by atoms with Gasteiger partial charge in [-0.15, -0.1) is 0 Å². The normalized spacial score (nSPS) is 14.6. The Morgan fingerprint density at radius 3 is 2.60 bits per heavy atom. The molecule has 0 aromatic heterocycles. The van der Waals surface area contributed by atoms with Crippen LogP contribution in [0.5, 0.6) is 0 Å². The van der Waals surface area contributed by atoms with Crippen molar-refractivity contribution in [1.29, 1.82) is 0 Å². The maximum atomic E-state index is 10.5. The Morgan fingerprint density at radius 2 is 2.07 bits per heavy atom. The third-order valence-electron chi connectivity index (χ3n) is 2.26. The van der Waals surface area contributed by atoms with Crippen molar-refractivity contribution in [3.05, 3.63) is 34.3 Å². The largest absolute Gasteiger partial charge is 0.481 e. The summed E-state index contributed by atoms with van der Waals surface area (Å²) in [6.45, 7) is 1.72. The van der Waals surface area contributed by atoms with E-state index in [1.807, 2.05) is 18.2 Å². The lowest BCUT2D eigenvalue weighted by atomic mass is 9.95. The third-order valence-corrected chi connectivity index (χ3v) is 2.98. The number of aliphatic hydroxyl groups is 1. The highest BCUT2D eigenvalue weighted by Crippen LogP contribution is 2.29. The average molecular weight is 273 g/mol. The molecule has 2 unspecified atom stereocenters. The average Bonchev–Trinajstić information content (AvgIpc) is 2.16. The molecule has 1 aromatic rings. The maximum absolute atomic E-state index is 10.5. The van der Waals surface area contributed by atoms with E-state index in [1.165, 1.54) is 0 Å². The second kappa shape index (κ2) is 5.28. The highest BCUT2D eigenvalue weighted by molar-refractivity contribution is 9.10. The van der Waals surface area contributed by atoms with Crippen LogP contribution < -0.4 is 0 Å². The summed E-state index contributed by atoms with van der Waals surface area (Å²) < 4.78 is 0.801. The van der Waals surface area contributed by atoms with Crippen LogP contribution in [0.15, 0.2) is 28.7 Å². The fourth-order valence-electron chi connectivity index (χ4n) is 1.41. The summed E-state index contributed by atoms with van der Waals surface area (Å²) in [7, 11) is 0. The van der Waals surface area contributed by atoms with E-state index in [9.17, 15) is 9.90 Å². The molecule has 2 atom stereocenters. The number of aliphatic hydroxyl groups excluding tert-OH is 1. The molecule has 82 valence electrons. The van der Waals surface area contributed by atoms with Crippen molar-refractivity contribution in [3.8, 4) is 0 Å². The van der Waals surface area contributed by atoms with Gasteiger partial charge in [0.1, 0.15) is 0 Å². The van der Waals surface area contributed by atoms with Gasteiger partial charge in [0.2, 0.25) is 0 Å². The Kier molecular flexibility index (Phi) is 4.29. The van der Waals surface area contributed by atoms with Crippen molar-refractivity contribution in [1.82, 2.24) is 0 Å². The summed E-state index contributed by atoms with van der Waals surface area (Å²) in [4.78, 5) is 10.5. The number of carboxylic acids is 1. The van der Waals surface area contributed by atoms with E-state index in [4.69, 9.17) is 5.11 Å². The molecule has 0 aliphatic carbocycles. The van der Waals surface area contributed by atoms with Gasteiger partial charge < -0.3 is 10.2 Å². The Morgan fingerprint density at radius 1 is 1.47 bits per heavy atom. The minimum absolute atomic E-state index is 0.0392. The summed E-state index contributed by atoms with van der Waals surface area (Å²) >= 11 is 3.32. The number of hydrogen-bond donors (Lipinski definition) is 2. The molecular formula is C11H13BrO3. The van der Waals surface area contributed by atoms with Crippen LogP contribution in [0.2, 0.25) is 0 Å². The molecule has 3 nitrogen and oxygen atoms in total. The van der Waals surface area contributed by atoms with Gasteiger partial charge in [-0.05, 0) is 17.5 Å². The highest BCUT2D eigenvalue weighted by Gasteiger charge is 2.20. The van der Waals surface area contributed by atoms with E-state index < -0.39 is 12.1 Å². The summed E-state index contributed by atoms with van der Waals surface area (Å²) in [6.07, 6.45) is -0.792. The van der Waals surface area contributed by atoms with Crippen LogP contribution in [0.3, 0.4) is 0 Å². The van der Waals surface area contributed by atoms with Crippen LogP contribution in [-0.4, -0.2) is 16.2 Å². The molecule has 0 bridgehead atoms. The molecule has 0 fully saturated rings. The lowest BCUT2D eigenvalue weighted by molar-refractivity contribution is -0.139. The zero-order chi connectivity index (χ0) is 11.4. The van der Waals surface area contributed by atoms with Crippen molar-refractivity contribution in [2.24, 2.45) is 5.92 Å². The molecule has 15 heavy (non-hydrogen) atoms. The van der Waals surface area contributed by atoms with E-state index in [-0.39, 0.29) is 12.3 Å². The molecule has 0 aliphatic rings. The van der Waals surface area contributed by atoms with Crippen LogP contribution in [-0.2, 0) is 4.79 Å². The highest BCUT2D eigenvalue weighted by atomic mass is 79.9. The molecular weight excluding hydrogens is 260 g/mol.